The third kappa shape index (κ3) is 5.24. The average Bonchev–Trinajstić information content (AvgIpc) is 2.75. The molecule has 0 bridgehead atoms. The summed E-state index contributed by atoms with van der Waals surface area (Å²) in [5.74, 6) is 1.46. The predicted octanol–water partition coefficient (Wildman–Crippen LogP) is -0.0196. The van der Waals surface area contributed by atoms with E-state index in [-0.39, 0.29) is 13.0 Å². The highest BCUT2D eigenvalue weighted by molar-refractivity contribution is 7.99. The molecule has 0 aromatic carbocycles. The van der Waals surface area contributed by atoms with Crippen molar-refractivity contribution in [2.75, 3.05) is 31.6 Å². The molecule has 1 aliphatic rings. The molecule has 0 amide bonds. The van der Waals surface area contributed by atoms with E-state index in [1.54, 1.807) is 0 Å². The molecule has 1 heterocycles. The number of aliphatic carboxylic acids is 1. The van der Waals surface area contributed by atoms with Crippen LogP contribution >= 0.6 is 11.8 Å². The molecule has 0 saturated carbocycles. The first-order chi connectivity index (χ1) is 7.92. The van der Waals surface area contributed by atoms with Gasteiger partial charge in [0.25, 0.3) is 10.2 Å². The van der Waals surface area contributed by atoms with Gasteiger partial charge in [0.15, 0.2) is 0 Å². The van der Waals surface area contributed by atoms with Gasteiger partial charge in [-0.05, 0) is 23.8 Å². The number of carboxylic acids is 1. The lowest BCUT2D eigenvalue weighted by molar-refractivity contribution is -0.137. The van der Waals surface area contributed by atoms with Crippen molar-refractivity contribution in [3.63, 3.8) is 0 Å². The molecular formula is C9H18N2O4S2. The highest BCUT2D eigenvalue weighted by Gasteiger charge is 2.21. The fourth-order valence-electron chi connectivity index (χ4n) is 1.45. The largest absolute Gasteiger partial charge is 0.481 e. The Labute approximate surface area is 106 Å². The molecule has 0 aromatic rings. The quantitative estimate of drug-likeness (QED) is 0.685. The lowest BCUT2D eigenvalue weighted by atomic mass is 10.1. The van der Waals surface area contributed by atoms with Crippen LogP contribution in [0.25, 0.3) is 0 Å². The average molecular weight is 282 g/mol. The Balaban J connectivity index is 2.35. The number of nitrogens with one attached hydrogen (secondary N) is 1. The van der Waals surface area contributed by atoms with Gasteiger partial charge in [0.05, 0.1) is 6.42 Å². The first kappa shape index (κ1) is 14.7. The summed E-state index contributed by atoms with van der Waals surface area (Å²) >= 11 is 1.83. The van der Waals surface area contributed by atoms with Crippen molar-refractivity contribution in [1.29, 1.82) is 0 Å². The van der Waals surface area contributed by atoms with E-state index in [9.17, 15) is 13.2 Å². The van der Waals surface area contributed by atoms with E-state index in [0.29, 0.717) is 12.5 Å². The van der Waals surface area contributed by atoms with Crippen LogP contribution in [0.2, 0.25) is 0 Å². The van der Waals surface area contributed by atoms with Crippen molar-refractivity contribution in [2.45, 2.75) is 12.8 Å². The number of hydrogen-bond donors (Lipinski definition) is 2. The van der Waals surface area contributed by atoms with E-state index in [1.165, 1.54) is 7.05 Å². The van der Waals surface area contributed by atoms with E-state index in [2.05, 4.69) is 4.72 Å². The van der Waals surface area contributed by atoms with Crippen LogP contribution in [0.3, 0.4) is 0 Å². The molecule has 1 fully saturated rings. The van der Waals surface area contributed by atoms with Crippen LogP contribution in [0.15, 0.2) is 0 Å². The maximum atomic E-state index is 11.7. The van der Waals surface area contributed by atoms with Gasteiger partial charge in [-0.2, -0.15) is 24.5 Å². The minimum Gasteiger partial charge on any atom is -0.481 e. The van der Waals surface area contributed by atoms with Crippen molar-refractivity contribution in [1.82, 2.24) is 9.03 Å². The van der Waals surface area contributed by atoms with Gasteiger partial charge in [-0.3, -0.25) is 4.79 Å². The predicted molar refractivity (Wildman–Crippen MR) is 67.2 cm³/mol. The number of thioether (sulfide) groups is 1. The van der Waals surface area contributed by atoms with Crippen molar-refractivity contribution < 1.29 is 18.3 Å². The van der Waals surface area contributed by atoms with E-state index in [1.807, 2.05) is 11.8 Å². The second kappa shape index (κ2) is 6.58. The molecule has 2 N–H and O–H groups in total. The van der Waals surface area contributed by atoms with Crippen LogP contribution in [-0.2, 0) is 15.0 Å². The zero-order valence-electron chi connectivity index (χ0n) is 9.76. The van der Waals surface area contributed by atoms with Crippen LogP contribution < -0.4 is 4.72 Å². The molecule has 1 rings (SSSR count). The van der Waals surface area contributed by atoms with E-state index >= 15 is 0 Å². The van der Waals surface area contributed by atoms with E-state index in [0.717, 1.165) is 22.2 Å². The summed E-state index contributed by atoms with van der Waals surface area (Å²) in [6.45, 7) is 0.427. The number of hydrogen-bond acceptors (Lipinski definition) is 4. The summed E-state index contributed by atoms with van der Waals surface area (Å²) in [6.07, 6.45) is 0.850. The Bertz CT molecular complexity index is 352. The molecule has 1 unspecified atom stereocenters. The molecule has 0 aromatic heterocycles. The standard InChI is InChI=1S/C9H18N2O4S2/c1-11(4-2-9(12)13)17(14,15)10-6-8-3-5-16-7-8/h8,10H,2-7H2,1H3,(H,12,13). The summed E-state index contributed by atoms with van der Waals surface area (Å²) in [5.41, 5.74) is 0. The van der Waals surface area contributed by atoms with E-state index in [4.69, 9.17) is 5.11 Å². The van der Waals surface area contributed by atoms with Gasteiger partial charge in [-0.15, -0.1) is 0 Å². The van der Waals surface area contributed by atoms with Gasteiger partial charge in [0.2, 0.25) is 0 Å². The molecule has 0 spiro atoms. The van der Waals surface area contributed by atoms with Crippen LogP contribution in [0.5, 0.6) is 0 Å². The van der Waals surface area contributed by atoms with Crippen molar-refractivity contribution in [3.8, 4) is 0 Å². The normalized spacial score (nSPS) is 20.9. The maximum Gasteiger partial charge on any atom is 0.304 e. The van der Waals surface area contributed by atoms with Crippen LogP contribution in [0.4, 0.5) is 0 Å². The number of carboxylic acid groups (broad SMARTS) is 1. The highest BCUT2D eigenvalue weighted by Crippen LogP contribution is 2.22. The summed E-state index contributed by atoms with van der Waals surface area (Å²) in [4.78, 5) is 10.4. The third-order valence-corrected chi connectivity index (χ3v) is 5.40. The van der Waals surface area contributed by atoms with Crippen LogP contribution in [-0.4, -0.2) is 55.4 Å². The Morgan fingerprint density at radius 3 is 2.82 bits per heavy atom. The van der Waals surface area contributed by atoms with Gasteiger partial charge in [-0.1, -0.05) is 0 Å². The molecule has 0 aliphatic carbocycles. The highest BCUT2D eigenvalue weighted by atomic mass is 32.2. The molecule has 0 radical (unpaired) electrons. The summed E-state index contributed by atoms with van der Waals surface area (Å²) in [7, 11) is -2.15. The van der Waals surface area contributed by atoms with E-state index < -0.39 is 16.2 Å². The fourth-order valence-corrected chi connectivity index (χ4v) is 3.73. The summed E-state index contributed by atoms with van der Waals surface area (Å²) in [6, 6.07) is 0. The monoisotopic (exact) mass is 282 g/mol. The second-order valence-corrected chi connectivity index (χ2v) is 7.06. The smallest absolute Gasteiger partial charge is 0.304 e. The number of carbonyl (C=O) groups is 1. The topological polar surface area (TPSA) is 86.7 Å². The Morgan fingerprint density at radius 1 is 1.59 bits per heavy atom. The lowest BCUT2D eigenvalue weighted by Crippen LogP contribution is -2.41. The third-order valence-electron chi connectivity index (χ3n) is 2.63. The number of nitrogens with zero attached hydrogens (tertiary/aromatic N) is 1. The molecule has 8 heteroatoms. The molecule has 17 heavy (non-hydrogen) atoms. The second-order valence-electron chi connectivity index (χ2n) is 4.05. The zero-order chi connectivity index (χ0) is 12.9. The molecular weight excluding hydrogens is 264 g/mol. The molecule has 1 saturated heterocycles. The molecule has 6 nitrogen and oxygen atoms in total. The zero-order valence-corrected chi connectivity index (χ0v) is 11.4. The van der Waals surface area contributed by atoms with Crippen LogP contribution in [0, 0.1) is 5.92 Å². The Morgan fingerprint density at radius 2 is 2.29 bits per heavy atom. The number of rotatable bonds is 7. The van der Waals surface area contributed by atoms with Crippen LogP contribution in [0.1, 0.15) is 12.8 Å². The van der Waals surface area contributed by atoms with Crippen molar-refractivity contribution in [3.05, 3.63) is 0 Å². The Hall–Kier alpha value is -0.310. The van der Waals surface area contributed by atoms with Gasteiger partial charge < -0.3 is 5.11 Å². The van der Waals surface area contributed by atoms with Gasteiger partial charge in [0, 0.05) is 20.1 Å². The lowest BCUT2D eigenvalue weighted by Gasteiger charge is -2.18. The summed E-state index contributed by atoms with van der Waals surface area (Å²) in [5, 5.41) is 8.49. The van der Waals surface area contributed by atoms with Crippen molar-refractivity contribution >= 4 is 27.9 Å². The molecule has 1 atom stereocenters. The first-order valence-corrected chi connectivity index (χ1v) is 8.02. The van der Waals surface area contributed by atoms with Gasteiger partial charge in [0.1, 0.15) is 0 Å². The fraction of sp³-hybridized carbons (Fsp3) is 0.889. The minimum atomic E-state index is -3.53. The molecule has 100 valence electrons. The summed E-state index contributed by atoms with van der Waals surface area (Å²) < 4.78 is 27.0. The van der Waals surface area contributed by atoms with Gasteiger partial charge >= 0.3 is 5.97 Å². The Kier molecular flexibility index (Phi) is 5.71. The van der Waals surface area contributed by atoms with Crippen molar-refractivity contribution in [2.24, 2.45) is 5.92 Å². The SMILES string of the molecule is CN(CCC(=O)O)S(=O)(=O)NCC1CCSC1. The van der Waals surface area contributed by atoms with Gasteiger partial charge in [-0.25, -0.2) is 4.72 Å². The minimum absolute atomic E-state index is 0.00984. The maximum absolute atomic E-state index is 11.7. The first-order valence-electron chi connectivity index (χ1n) is 5.42. The molecule has 1 aliphatic heterocycles.